The maximum absolute atomic E-state index is 9.70. The van der Waals surface area contributed by atoms with E-state index in [-0.39, 0.29) is 12.4 Å². The number of aryl methyl sites for hydroxylation is 1. The van der Waals surface area contributed by atoms with Crippen molar-refractivity contribution in [3.05, 3.63) is 72.2 Å². The first-order valence-electron chi connectivity index (χ1n) is 10.0. The predicted molar refractivity (Wildman–Crippen MR) is 123 cm³/mol. The second-order valence-corrected chi connectivity index (χ2v) is 7.63. The van der Waals surface area contributed by atoms with E-state index in [1.54, 1.807) is 6.07 Å². The molecule has 2 aromatic carbocycles. The standard InChI is InChI=1S/C24H27N3O.ClH/c1-17(26-14-18-6-7-20-15-25-11-10-19(20)12-18)4-2-3-5-21-16-27-24-9-8-22(28)13-23(21)24;/h6-13,15-17,26-28H,2-5,14H2,1H3;1H/t17-;/m1./s1. The lowest BCUT2D eigenvalue weighted by molar-refractivity contribution is 0.476. The number of phenols is 1. The van der Waals surface area contributed by atoms with Crippen LogP contribution in [0.1, 0.15) is 37.3 Å². The SMILES string of the molecule is C[C@H](CCCCc1c[nH]c2ccc(O)cc12)NCc1ccc2cnccc2c1.Cl. The lowest BCUT2D eigenvalue weighted by Gasteiger charge is -2.14. The molecular formula is C24H28ClN3O. The van der Waals surface area contributed by atoms with E-state index in [2.05, 4.69) is 52.7 Å². The number of phenolic OH excluding ortho intramolecular Hbond substituents is 1. The van der Waals surface area contributed by atoms with E-state index in [1.807, 2.05) is 24.5 Å². The molecule has 4 rings (SSSR count). The summed E-state index contributed by atoms with van der Waals surface area (Å²) in [5.41, 5.74) is 3.69. The smallest absolute Gasteiger partial charge is 0.116 e. The van der Waals surface area contributed by atoms with E-state index in [0.29, 0.717) is 11.8 Å². The Morgan fingerprint density at radius 3 is 2.86 bits per heavy atom. The average molecular weight is 410 g/mol. The summed E-state index contributed by atoms with van der Waals surface area (Å²) in [5.74, 6) is 0.330. The van der Waals surface area contributed by atoms with Crippen molar-refractivity contribution in [2.75, 3.05) is 0 Å². The largest absolute Gasteiger partial charge is 0.508 e. The number of rotatable bonds is 8. The number of hydrogen-bond acceptors (Lipinski definition) is 3. The van der Waals surface area contributed by atoms with E-state index in [1.165, 1.54) is 28.3 Å². The normalized spacial score (nSPS) is 12.2. The van der Waals surface area contributed by atoms with Gasteiger partial charge in [0.15, 0.2) is 0 Å². The maximum atomic E-state index is 9.70. The Hall–Kier alpha value is -2.56. The van der Waals surface area contributed by atoms with Gasteiger partial charge in [0, 0.05) is 47.5 Å². The number of nitrogens with one attached hydrogen (secondary N) is 2. The minimum atomic E-state index is 0. The molecule has 4 aromatic rings. The van der Waals surface area contributed by atoms with Crippen molar-refractivity contribution in [3.8, 4) is 5.75 Å². The van der Waals surface area contributed by atoms with Crippen molar-refractivity contribution >= 4 is 34.1 Å². The van der Waals surface area contributed by atoms with Crippen LogP contribution in [-0.2, 0) is 13.0 Å². The molecule has 152 valence electrons. The number of aromatic nitrogens is 2. The van der Waals surface area contributed by atoms with E-state index in [0.717, 1.165) is 36.7 Å². The van der Waals surface area contributed by atoms with Crippen LogP contribution in [0.4, 0.5) is 0 Å². The van der Waals surface area contributed by atoms with Crippen molar-refractivity contribution in [1.29, 1.82) is 0 Å². The van der Waals surface area contributed by atoms with Crippen LogP contribution in [0.2, 0.25) is 0 Å². The minimum Gasteiger partial charge on any atom is -0.508 e. The van der Waals surface area contributed by atoms with Gasteiger partial charge in [-0.3, -0.25) is 4.98 Å². The van der Waals surface area contributed by atoms with Gasteiger partial charge in [-0.2, -0.15) is 0 Å². The third-order valence-electron chi connectivity index (χ3n) is 5.44. The summed E-state index contributed by atoms with van der Waals surface area (Å²) in [4.78, 5) is 7.46. The highest BCUT2D eigenvalue weighted by Gasteiger charge is 2.06. The zero-order valence-electron chi connectivity index (χ0n) is 16.7. The molecule has 5 heteroatoms. The molecule has 0 radical (unpaired) electrons. The molecule has 0 spiro atoms. The summed E-state index contributed by atoms with van der Waals surface area (Å²) in [6.07, 6.45) is 10.4. The van der Waals surface area contributed by atoms with Crippen LogP contribution in [0, 0.1) is 0 Å². The number of aromatic amines is 1. The summed E-state index contributed by atoms with van der Waals surface area (Å²) < 4.78 is 0. The van der Waals surface area contributed by atoms with Gasteiger partial charge in [0.25, 0.3) is 0 Å². The highest BCUT2D eigenvalue weighted by atomic mass is 35.5. The van der Waals surface area contributed by atoms with Crippen LogP contribution in [0.25, 0.3) is 21.7 Å². The molecule has 0 aliphatic heterocycles. The molecular weight excluding hydrogens is 382 g/mol. The highest BCUT2D eigenvalue weighted by molar-refractivity contribution is 5.85. The van der Waals surface area contributed by atoms with Gasteiger partial charge in [-0.05, 0) is 73.0 Å². The molecule has 0 aliphatic rings. The minimum absolute atomic E-state index is 0. The Morgan fingerprint density at radius 2 is 1.97 bits per heavy atom. The summed E-state index contributed by atoms with van der Waals surface area (Å²) >= 11 is 0. The number of fused-ring (bicyclic) bond motifs is 2. The van der Waals surface area contributed by atoms with Crippen LogP contribution in [0.5, 0.6) is 5.75 Å². The Bertz CT molecular complexity index is 1080. The van der Waals surface area contributed by atoms with Crippen LogP contribution in [0.15, 0.2) is 61.1 Å². The fourth-order valence-electron chi connectivity index (χ4n) is 3.78. The molecule has 29 heavy (non-hydrogen) atoms. The lowest BCUT2D eigenvalue weighted by atomic mass is 10.0. The Morgan fingerprint density at radius 1 is 1.07 bits per heavy atom. The topological polar surface area (TPSA) is 60.9 Å². The number of hydrogen-bond donors (Lipinski definition) is 3. The fourth-order valence-corrected chi connectivity index (χ4v) is 3.78. The van der Waals surface area contributed by atoms with E-state index in [4.69, 9.17) is 0 Å². The van der Waals surface area contributed by atoms with Crippen molar-refractivity contribution in [1.82, 2.24) is 15.3 Å². The zero-order valence-corrected chi connectivity index (χ0v) is 17.5. The van der Waals surface area contributed by atoms with E-state index < -0.39 is 0 Å². The van der Waals surface area contributed by atoms with Gasteiger partial charge in [-0.15, -0.1) is 12.4 Å². The third kappa shape index (κ3) is 5.28. The summed E-state index contributed by atoms with van der Waals surface area (Å²) in [7, 11) is 0. The van der Waals surface area contributed by atoms with Crippen molar-refractivity contribution in [2.45, 2.75) is 45.2 Å². The molecule has 0 aliphatic carbocycles. The van der Waals surface area contributed by atoms with Gasteiger partial charge in [0.1, 0.15) is 5.75 Å². The van der Waals surface area contributed by atoms with Gasteiger partial charge >= 0.3 is 0 Å². The maximum Gasteiger partial charge on any atom is 0.116 e. The van der Waals surface area contributed by atoms with Crippen molar-refractivity contribution < 1.29 is 5.11 Å². The molecule has 4 nitrogen and oxygen atoms in total. The second kappa shape index (κ2) is 9.77. The zero-order chi connectivity index (χ0) is 19.3. The Kier molecular flexibility index (Phi) is 7.13. The molecule has 0 unspecified atom stereocenters. The van der Waals surface area contributed by atoms with E-state index >= 15 is 0 Å². The molecule has 0 saturated carbocycles. The summed E-state index contributed by atoms with van der Waals surface area (Å²) in [5, 5.41) is 16.9. The first kappa shape index (κ1) is 21.2. The number of nitrogens with zero attached hydrogens (tertiary/aromatic N) is 1. The lowest BCUT2D eigenvalue weighted by Crippen LogP contribution is -2.25. The molecule has 0 bridgehead atoms. The van der Waals surface area contributed by atoms with Crippen LogP contribution >= 0.6 is 12.4 Å². The molecule has 0 saturated heterocycles. The number of pyridine rings is 1. The average Bonchev–Trinajstić information content (AvgIpc) is 3.11. The molecule has 0 fully saturated rings. The van der Waals surface area contributed by atoms with Crippen molar-refractivity contribution in [2.24, 2.45) is 0 Å². The van der Waals surface area contributed by atoms with Gasteiger partial charge < -0.3 is 15.4 Å². The van der Waals surface area contributed by atoms with Crippen LogP contribution < -0.4 is 5.32 Å². The van der Waals surface area contributed by atoms with Gasteiger partial charge in [0.05, 0.1) is 0 Å². The van der Waals surface area contributed by atoms with E-state index in [9.17, 15) is 5.11 Å². The number of aromatic hydroxyl groups is 1. The summed E-state index contributed by atoms with van der Waals surface area (Å²) in [6.45, 7) is 3.15. The molecule has 3 N–H and O–H groups in total. The first-order valence-corrected chi connectivity index (χ1v) is 10.0. The van der Waals surface area contributed by atoms with Gasteiger partial charge in [0.2, 0.25) is 0 Å². The predicted octanol–water partition coefficient (Wildman–Crippen LogP) is 5.73. The van der Waals surface area contributed by atoms with Gasteiger partial charge in [-0.25, -0.2) is 0 Å². The molecule has 1 atom stereocenters. The molecule has 0 amide bonds. The fraction of sp³-hybridized carbons (Fsp3) is 0.292. The Balaban J connectivity index is 0.00000240. The molecule has 2 aromatic heterocycles. The highest BCUT2D eigenvalue weighted by Crippen LogP contribution is 2.24. The number of unbranched alkanes of at least 4 members (excludes halogenated alkanes) is 1. The van der Waals surface area contributed by atoms with Gasteiger partial charge in [-0.1, -0.05) is 18.6 Å². The van der Waals surface area contributed by atoms with Crippen molar-refractivity contribution in [3.63, 3.8) is 0 Å². The number of H-pyrrole nitrogens is 1. The Labute approximate surface area is 177 Å². The first-order chi connectivity index (χ1) is 13.7. The molecule has 2 heterocycles. The second-order valence-electron chi connectivity index (χ2n) is 7.63. The number of halogens is 1. The third-order valence-corrected chi connectivity index (χ3v) is 5.44. The van der Waals surface area contributed by atoms with Crippen LogP contribution in [-0.4, -0.2) is 21.1 Å². The quantitative estimate of drug-likeness (QED) is 0.325. The number of benzene rings is 2. The summed E-state index contributed by atoms with van der Waals surface area (Å²) in [6, 6.07) is 14.6. The monoisotopic (exact) mass is 409 g/mol. The van der Waals surface area contributed by atoms with Crippen LogP contribution in [0.3, 0.4) is 0 Å².